The van der Waals surface area contributed by atoms with E-state index in [0.717, 1.165) is 0 Å². The zero-order valence-corrected chi connectivity index (χ0v) is 20.1. The summed E-state index contributed by atoms with van der Waals surface area (Å²) < 4.78 is 0. The Bertz CT molecular complexity index is 194. The largest absolute Gasteiger partial charge is 0.303 e. The van der Waals surface area contributed by atoms with Crippen LogP contribution in [0.25, 0.3) is 0 Å². The second kappa shape index (κ2) is 25.5. The first kappa shape index (κ1) is 28.8. The van der Waals surface area contributed by atoms with Crippen LogP contribution in [0, 0.1) is 0 Å². The molecule has 0 aromatic carbocycles. The summed E-state index contributed by atoms with van der Waals surface area (Å²) in [5, 5.41) is 0. The van der Waals surface area contributed by atoms with Gasteiger partial charge in [0.25, 0.3) is 0 Å². The van der Waals surface area contributed by atoms with E-state index < -0.39 is 0 Å². The number of unbranched alkanes of at least 4 members (excludes halogenated alkanes) is 15. The van der Waals surface area contributed by atoms with E-state index in [1.54, 1.807) is 0 Å². The minimum atomic E-state index is 0. The van der Waals surface area contributed by atoms with Crippen molar-refractivity contribution in [1.29, 1.82) is 0 Å². The van der Waals surface area contributed by atoms with Gasteiger partial charge in [-0.3, -0.25) is 0 Å². The van der Waals surface area contributed by atoms with E-state index in [4.69, 9.17) is 0 Å². The van der Waals surface area contributed by atoms with Crippen molar-refractivity contribution in [3.63, 3.8) is 0 Å². The van der Waals surface area contributed by atoms with Crippen molar-refractivity contribution in [2.45, 2.75) is 136 Å². The Labute approximate surface area is 179 Å². The second-order valence-electron chi connectivity index (χ2n) is 8.14. The first-order valence-corrected chi connectivity index (χ1v) is 12.1. The third-order valence-corrected chi connectivity index (χ3v) is 5.48. The summed E-state index contributed by atoms with van der Waals surface area (Å²) in [6.07, 6.45) is 25.7. The minimum Gasteiger partial charge on any atom is -0.303 e. The van der Waals surface area contributed by atoms with Gasteiger partial charge in [0.15, 0.2) is 0 Å². The van der Waals surface area contributed by atoms with E-state index in [-0.39, 0.29) is 18.6 Å². The smallest absolute Gasteiger partial charge is 0 e. The number of hydrogen-bond acceptors (Lipinski definition) is 1. The van der Waals surface area contributed by atoms with E-state index in [0.29, 0.717) is 0 Å². The van der Waals surface area contributed by atoms with Crippen molar-refractivity contribution in [2.24, 2.45) is 0 Å². The molecule has 0 aliphatic heterocycles. The Morgan fingerprint density at radius 2 is 0.577 bits per heavy atom. The molecule has 0 aromatic heterocycles. The first-order valence-electron chi connectivity index (χ1n) is 12.1. The van der Waals surface area contributed by atoms with E-state index in [2.05, 4.69) is 25.7 Å². The summed E-state index contributed by atoms with van der Waals surface area (Å²) in [7, 11) is 0. The average Bonchev–Trinajstić information content (AvgIpc) is 2.63. The van der Waals surface area contributed by atoms with Gasteiger partial charge in [-0.2, -0.15) is 0 Å². The van der Waals surface area contributed by atoms with Crippen molar-refractivity contribution in [3.05, 3.63) is 0 Å². The normalized spacial score (nSPS) is 11.1. The molecule has 0 fully saturated rings. The van der Waals surface area contributed by atoms with Crippen molar-refractivity contribution < 1.29 is 18.6 Å². The SMILES string of the molecule is CCCCCCCCN(CCCCCCCC)CCCCCCCC.[V]. The molecular weight excluding hydrogens is 353 g/mol. The van der Waals surface area contributed by atoms with Crippen LogP contribution in [-0.2, 0) is 18.6 Å². The molecular formula is C24H51NV. The molecule has 0 aliphatic carbocycles. The van der Waals surface area contributed by atoms with Gasteiger partial charge in [-0.25, -0.2) is 0 Å². The van der Waals surface area contributed by atoms with Crippen molar-refractivity contribution >= 4 is 0 Å². The molecule has 26 heavy (non-hydrogen) atoms. The first-order chi connectivity index (χ1) is 12.3. The Kier molecular flexibility index (Phi) is 28.2. The molecule has 157 valence electrons. The molecule has 0 rings (SSSR count). The molecule has 0 aromatic rings. The van der Waals surface area contributed by atoms with E-state index >= 15 is 0 Å². The number of nitrogens with zero attached hydrogens (tertiary/aromatic N) is 1. The molecule has 0 unspecified atom stereocenters. The van der Waals surface area contributed by atoms with Gasteiger partial charge in [-0.1, -0.05) is 117 Å². The van der Waals surface area contributed by atoms with Gasteiger partial charge in [0.05, 0.1) is 0 Å². The fourth-order valence-corrected chi connectivity index (χ4v) is 3.68. The molecule has 0 saturated heterocycles. The molecule has 0 atom stereocenters. The van der Waals surface area contributed by atoms with Crippen LogP contribution in [0.15, 0.2) is 0 Å². The van der Waals surface area contributed by atoms with Gasteiger partial charge in [0.1, 0.15) is 0 Å². The maximum Gasteiger partial charge on any atom is 0 e. The van der Waals surface area contributed by atoms with Gasteiger partial charge in [-0.05, 0) is 38.9 Å². The summed E-state index contributed by atoms with van der Waals surface area (Å²) in [6, 6.07) is 0. The zero-order valence-electron chi connectivity index (χ0n) is 18.7. The maximum absolute atomic E-state index is 2.79. The average molecular weight is 405 g/mol. The fourth-order valence-electron chi connectivity index (χ4n) is 3.68. The van der Waals surface area contributed by atoms with Crippen LogP contribution in [0.1, 0.15) is 136 Å². The van der Waals surface area contributed by atoms with Gasteiger partial charge in [0.2, 0.25) is 0 Å². The predicted octanol–water partition coefficient (Wildman–Crippen LogP) is 8.37. The van der Waals surface area contributed by atoms with Crippen LogP contribution >= 0.6 is 0 Å². The Morgan fingerprint density at radius 1 is 0.346 bits per heavy atom. The number of hydrogen-bond donors (Lipinski definition) is 0. The predicted molar refractivity (Wildman–Crippen MR) is 117 cm³/mol. The fraction of sp³-hybridized carbons (Fsp3) is 1.00. The molecule has 0 heterocycles. The molecule has 0 aliphatic rings. The molecule has 0 saturated carbocycles. The molecule has 0 bridgehead atoms. The Hall–Kier alpha value is 0.544. The Balaban J connectivity index is 0. The van der Waals surface area contributed by atoms with Crippen LogP contribution in [-0.4, -0.2) is 24.5 Å². The topological polar surface area (TPSA) is 3.24 Å². The summed E-state index contributed by atoms with van der Waals surface area (Å²) in [5.41, 5.74) is 0. The second-order valence-corrected chi connectivity index (χ2v) is 8.14. The Morgan fingerprint density at radius 3 is 0.846 bits per heavy atom. The molecule has 0 amide bonds. The van der Waals surface area contributed by atoms with Crippen molar-refractivity contribution in [1.82, 2.24) is 4.90 Å². The van der Waals surface area contributed by atoms with Crippen LogP contribution in [0.4, 0.5) is 0 Å². The minimum absolute atomic E-state index is 0. The van der Waals surface area contributed by atoms with Crippen molar-refractivity contribution in [2.75, 3.05) is 19.6 Å². The summed E-state index contributed by atoms with van der Waals surface area (Å²) in [6.45, 7) is 11.0. The third-order valence-electron chi connectivity index (χ3n) is 5.48. The maximum atomic E-state index is 2.79. The molecule has 1 nitrogen and oxygen atoms in total. The molecule has 0 N–H and O–H groups in total. The van der Waals surface area contributed by atoms with E-state index in [9.17, 15) is 0 Å². The van der Waals surface area contributed by atoms with Gasteiger partial charge < -0.3 is 4.90 Å². The standard InChI is InChI=1S/C24H51N.V/c1-4-7-10-13-16-19-22-25(23-20-17-14-11-8-5-2)24-21-18-15-12-9-6-3;/h4-24H2,1-3H3;. The van der Waals surface area contributed by atoms with Gasteiger partial charge >= 0.3 is 0 Å². The molecule has 2 heteroatoms. The van der Waals surface area contributed by atoms with E-state index in [1.165, 1.54) is 135 Å². The van der Waals surface area contributed by atoms with E-state index in [1.807, 2.05) is 0 Å². The third kappa shape index (κ3) is 22.6. The van der Waals surface area contributed by atoms with Gasteiger partial charge in [-0.15, -0.1) is 0 Å². The summed E-state index contributed by atoms with van der Waals surface area (Å²) >= 11 is 0. The van der Waals surface area contributed by atoms with Gasteiger partial charge in [0, 0.05) is 18.6 Å². The summed E-state index contributed by atoms with van der Waals surface area (Å²) in [5.74, 6) is 0. The van der Waals surface area contributed by atoms with Crippen LogP contribution < -0.4 is 0 Å². The zero-order chi connectivity index (χ0) is 18.4. The molecule has 1 radical (unpaired) electrons. The number of rotatable bonds is 21. The van der Waals surface area contributed by atoms with Crippen LogP contribution in [0.2, 0.25) is 0 Å². The van der Waals surface area contributed by atoms with Crippen LogP contribution in [0.3, 0.4) is 0 Å². The monoisotopic (exact) mass is 404 g/mol. The van der Waals surface area contributed by atoms with Crippen LogP contribution in [0.5, 0.6) is 0 Å². The molecule has 0 spiro atoms. The van der Waals surface area contributed by atoms with Crippen molar-refractivity contribution in [3.8, 4) is 0 Å². The quantitative estimate of drug-likeness (QED) is 0.174. The summed E-state index contributed by atoms with van der Waals surface area (Å²) in [4.78, 5) is 2.79.